The van der Waals surface area contributed by atoms with E-state index in [9.17, 15) is 4.79 Å². The molecule has 0 spiro atoms. The Balaban J connectivity index is 1.73. The van der Waals surface area contributed by atoms with Gasteiger partial charge in [-0.15, -0.1) is 0 Å². The van der Waals surface area contributed by atoms with E-state index in [1.54, 1.807) is 0 Å². The van der Waals surface area contributed by atoms with E-state index in [0.717, 1.165) is 38.5 Å². The third-order valence-corrected chi connectivity index (χ3v) is 3.61. The van der Waals surface area contributed by atoms with Crippen LogP contribution in [-0.2, 0) is 4.79 Å². The molecule has 16 heavy (non-hydrogen) atoms. The maximum atomic E-state index is 11.6. The highest BCUT2D eigenvalue weighted by atomic mass is 16.2. The summed E-state index contributed by atoms with van der Waals surface area (Å²) in [7, 11) is 0. The highest BCUT2D eigenvalue weighted by Gasteiger charge is 2.34. The zero-order valence-corrected chi connectivity index (χ0v) is 10.2. The molecule has 2 fully saturated rings. The van der Waals surface area contributed by atoms with Gasteiger partial charge in [0, 0.05) is 25.7 Å². The number of nitrogens with one attached hydrogen (secondary N) is 2. The number of fused-ring (bicyclic) bond motifs is 1. The quantitative estimate of drug-likeness (QED) is 0.718. The Labute approximate surface area is 97.8 Å². The normalized spacial score (nSPS) is 30.1. The number of amides is 1. The van der Waals surface area contributed by atoms with Gasteiger partial charge >= 0.3 is 0 Å². The molecule has 0 aromatic heterocycles. The topological polar surface area (TPSA) is 44.4 Å². The van der Waals surface area contributed by atoms with Crippen LogP contribution in [0.1, 0.15) is 26.2 Å². The molecule has 0 aromatic rings. The number of hydrogen-bond acceptors (Lipinski definition) is 3. The first kappa shape index (κ1) is 11.9. The summed E-state index contributed by atoms with van der Waals surface area (Å²) < 4.78 is 0. The summed E-state index contributed by atoms with van der Waals surface area (Å²) in [6, 6.07) is 0.632. The van der Waals surface area contributed by atoms with Crippen LogP contribution in [0, 0.1) is 5.92 Å². The molecular formula is C12H23N3O. The predicted octanol–water partition coefficient (Wildman–Crippen LogP) is 0.196. The number of likely N-dealkylation sites (tertiary alicyclic amines) is 1. The monoisotopic (exact) mass is 225 g/mol. The molecule has 2 aliphatic rings. The largest absolute Gasteiger partial charge is 0.355 e. The van der Waals surface area contributed by atoms with E-state index in [4.69, 9.17) is 0 Å². The first-order valence-electron chi connectivity index (χ1n) is 6.52. The maximum Gasteiger partial charge on any atom is 0.234 e. The average molecular weight is 225 g/mol. The lowest BCUT2D eigenvalue weighted by molar-refractivity contribution is -0.122. The minimum absolute atomic E-state index is 0.181. The number of carbonyl (C=O) groups is 1. The van der Waals surface area contributed by atoms with Crippen LogP contribution in [0.5, 0.6) is 0 Å². The molecule has 2 saturated heterocycles. The maximum absolute atomic E-state index is 11.6. The standard InChI is InChI=1S/C12H23N3O/c1-2-5-14-12(16)9-15-7-10-4-3-6-13-11(10)8-15/h10-11,13H,2-9H2,1H3,(H,14,16). The van der Waals surface area contributed by atoms with E-state index >= 15 is 0 Å². The van der Waals surface area contributed by atoms with Crippen molar-refractivity contribution in [2.45, 2.75) is 32.2 Å². The van der Waals surface area contributed by atoms with Gasteiger partial charge < -0.3 is 10.6 Å². The number of nitrogens with zero attached hydrogens (tertiary/aromatic N) is 1. The average Bonchev–Trinajstić information content (AvgIpc) is 2.68. The Morgan fingerprint density at radius 1 is 1.50 bits per heavy atom. The van der Waals surface area contributed by atoms with Crippen molar-refractivity contribution < 1.29 is 4.79 Å². The third kappa shape index (κ3) is 2.95. The van der Waals surface area contributed by atoms with Crippen molar-refractivity contribution in [1.82, 2.24) is 15.5 Å². The number of rotatable bonds is 4. The second kappa shape index (κ2) is 5.64. The van der Waals surface area contributed by atoms with E-state index in [1.807, 2.05) is 0 Å². The highest BCUT2D eigenvalue weighted by Crippen LogP contribution is 2.24. The Kier molecular flexibility index (Phi) is 4.18. The van der Waals surface area contributed by atoms with Crippen LogP contribution in [0.25, 0.3) is 0 Å². The summed E-state index contributed by atoms with van der Waals surface area (Å²) in [6.45, 7) is 6.75. The summed E-state index contributed by atoms with van der Waals surface area (Å²) in [6.07, 6.45) is 3.63. The van der Waals surface area contributed by atoms with Crippen molar-refractivity contribution in [3.63, 3.8) is 0 Å². The Morgan fingerprint density at radius 3 is 3.12 bits per heavy atom. The van der Waals surface area contributed by atoms with Gasteiger partial charge in [0.05, 0.1) is 6.54 Å². The second-order valence-corrected chi connectivity index (χ2v) is 5.01. The van der Waals surface area contributed by atoms with Crippen LogP contribution in [0.2, 0.25) is 0 Å². The van der Waals surface area contributed by atoms with Crippen LogP contribution in [0.4, 0.5) is 0 Å². The van der Waals surface area contributed by atoms with Crippen LogP contribution in [0.15, 0.2) is 0 Å². The van der Waals surface area contributed by atoms with Crippen molar-refractivity contribution >= 4 is 5.91 Å². The molecule has 0 saturated carbocycles. The van der Waals surface area contributed by atoms with Gasteiger partial charge in [0.1, 0.15) is 0 Å². The Bertz CT molecular complexity index is 230. The summed E-state index contributed by atoms with van der Waals surface area (Å²) in [5.41, 5.74) is 0. The van der Waals surface area contributed by atoms with E-state index < -0.39 is 0 Å². The Morgan fingerprint density at radius 2 is 2.38 bits per heavy atom. The summed E-state index contributed by atoms with van der Waals surface area (Å²) >= 11 is 0. The van der Waals surface area contributed by atoms with Crippen LogP contribution >= 0.6 is 0 Å². The van der Waals surface area contributed by atoms with Crippen LogP contribution in [0.3, 0.4) is 0 Å². The molecular weight excluding hydrogens is 202 g/mol. The molecule has 0 bridgehead atoms. The second-order valence-electron chi connectivity index (χ2n) is 5.01. The fourth-order valence-corrected chi connectivity index (χ4v) is 2.79. The molecule has 2 atom stereocenters. The first-order valence-corrected chi connectivity index (χ1v) is 6.52. The van der Waals surface area contributed by atoms with Gasteiger partial charge in [-0.2, -0.15) is 0 Å². The highest BCUT2D eigenvalue weighted by molar-refractivity contribution is 5.78. The van der Waals surface area contributed by atoms with Gasteiger partial charge in [-0.3, -0.25) is 9.69 Å². The fraction of sp³-hybridized carbons (Fsp3) is 0.917. The lowest BCUT2D eigenvalue weighted by atomic mass is 9.94. The number of hydrogen-bond donors (Lipinski definition) is 2. The van der Waals surface area contributed by atoms with Crippen LogP contribution < -0.4 is 10.6 Å². The van der Waals surface area contributed by atoms with Gasteiger partial charge in [0.15, 0.2) is 0 Å². The van der Waals surface area contributed by atoms with Crippen molar-refractivity contribution in [3.05, 3.63) is 0 Å². The molecule has 0 radical (unpaired) electrons. The molecule has 2 rings (SSSR count). The summed E-state index contributed by atoms with van der Waals surface area (Å²) in [4.78, 5) is 13.9. The molecule has 92 valence electrons. The molecule has 1 amide bonds. The lowest BCUT2D eigenvalue weighted by Crippen LogP contribution is -2.41. The smallest absolute Gasteiger partial charge is 0.234 e. The number of piperidine rings is 1. The fourth-order valence-electron chi connectivity index (χ4n) is 2.79. The van der Waals surface area contributed by atoms with Crippen molar-refractivity contribution in [2.24, 2.45) is 5.92 Å². The molecule has 0 aromatic carbocycles. The summed E-state index contributed by atoms with van der Waals surface area (Å²) in [5.74, 6) is 0.952. The number of carbonyl (C=O) groups excluding carboxylic acids is 1. The van der Waals surface area contributed by atoms with Gasteiger partial charge in [-0.05, 0) is 31.7 Å². The minimum atomic E-state index is 0.181. The van der Waals surface area contributed by atoms with Crippen LogP contribution in [-0.4, -0.2) is 49.6 Å². The van der Waals surface area contributed by atoms with Crippen molar-refractivity contribution in [3.8, 4) is 0 Å². The van der Waals surface area contributed by atoms with E-state index in [1.165, 1.54) is 12.8 Å². The van der Waals surface area contributed by atoms with Crippen molar-refractivity contribution in [2.75, 3.05) is 32.7 Å². The zero-order valence-electron chi connectivity index (χ0n) is 10.2. The van der Waals surface area contributed by atoms with Gasteiger partial charge in [-0.25, -0.2) is 0 Å². The lowest BCUT2D eigenvalue weighted by Gasteiger charge is -2.24. The first-order chi connectivity index (χ1) is 7.79. The van der Waals surface area contributed by atoms with Gasteiger partial charge in [0.2, 0.25) is 5.91 Å². The summed E-state index contributed by atoms with van der Waals surface area (Å²) in [5, 5.41) is 6.49. The predicted molar refractivity (Wildman–Crippen MR) is 64.3 cm³/mol. The van der Waals surface area contributed by atoms with E-state index in [-0.39, 0.29) is 5.91 Å². The minimum Gasteiger partial charge on any atom is -0.355 e. The zero-order chi connectivity index (χ0) is 11.4. The van der Waals surface area contributed by atoms with Gasteiger partial charge in [0.25, 0.3) is 0 Å². The van der Waals surface area contributed by atoms with Crippen molar-refractivity contribution in [1.29, 1.82) is 0 Å². The molecule has 2 heterocycles. The van der Waals surface area contributed by atoms with E-state index in [0.29, 0.717) is 12.6 Å². The Hall–Kier alpha value is -0.610. The third-order valence-electron chi connectivity index (χ3n) is 3.61. The molecule has 2 N–H and O–H groups in total. The SMILES string of the molecule is CCCNC(=O)CN1CC2CCCNC2C1. The molecule has 0 aliphatic carbocycles. The molecule has 4 heteroatoms. The molecule has 2 aliphatic heterocycles. The van der Waals surface area contributed by atoms with E-state index in [2.05, 4.69) is 22.5 Å². The molecule has 4 nitrogen and oxygen atoms in total. The van der Waals surface area contributed by atoms with Gasteiger partial charge in [-0.1, -0.05) is 6.92 Å². The molecule has 2 unspecified atom stereocenters.